The van der Waals surface area contributed by atoms with Crippen molar-refractivity contribution in [3.05, 3.63) is 53.7 Å². The molecule has 4 aromatic rings. The topological polar surface area (TPSA) is 132 Å². The molecule has 2 N–H and O–H groups in total. The number of aliphatic hydroxyl groups is 1. The molecule has 1 atom stereocenters. The Bertz CT molecular complexity index is 1430. The molecule has 34 heavy (non-hydrogen) atoms. The number of aliphatic hydroxyl groups excluding tert-OH is 1. The zero-order valence-corrected chi connectivity index (χ0v) is 20.2. The van der Waals surface area contributed by atoms with E-state index in [1.54, 1.807) is 17.7 Å². The first-order valence-corrected chi connectivity index (χ1v) is 12.3. The molecule has 0 amide bonds. The highest BCUT2D eigenvalue weighted by Gasteiger charge is 2.22. The fourth-order valence-electron chi connectivity index (χ4n) is 3.43. The fourth-order valence-corrected chi connectivity index (χ4v) is 4.69. The van der Waals surface area contributed by atoms with E-state index in [-0.39, 0.29) is 17.3 Å². The number of aromatic nitrogens is 5. The number of nitrogens with one attached hydrogen (secondary N) is 1. The van der Waals surface area contributed by atoms with Crippen LogP contribution in [0.2, 0.25) is 0 Å². The Kier molecular flexibility index (Phi) is 6.60. The summed E-state index contributed by atoms with van der Waals surface area (Å²) in [5.74, 6) is 0.649. The van der Waals surface area contributed by atoms with Gasteiger partial charge in [-0.1, -0.05) is 17.7 Å². The lowest BCUT2D eigenvalue weighted by atomic mass is 10.2. The molecule has 2 aromatic carbocycles. The molecule has 2 heterocycles. The minimum atomic E-state index is -3.88. The Balaban J connectivity index is 1.83. The van der Waals surface area contributed by atoms with Gasteiger partial charge in [-0.15, -0.1) is 10.2 Å². The Morgan fingerprint density at radius 3 is 2.53 bits per heavy atom. The molecule has 10 nitrogen and oxygen atoms in total. The first-order chi connectivity index (χ1) is 16.2. The maximum atomic E-state index is 12.8. The summed E-state index contributed by atoms with van der Waals surface area (Å²) in [6.07, 6.45) is 0. The van der Waals surface area contributed by atoms with Crippen molar-refractivity contribution in [1.29, 1.82) is 0 Å². The zero-order valence-electron chi connectivity index (χ0n) is 19.3. The number of ether oxygens (including phenoxy) is 1. The van der Waals surface area contributed by atoms with E-state index in [1.807, 2.05) is 45.0 Å². The zero-order chi connectivity index (χ0) is 24.5. The summed E-state index contributed by atoms with van der Waals surface area (Å²) < 4.78 is 35.4. The highest BCUT2D eigenvalue weighted by molar-refractivity contribution is 7.89. The number of sulfonamides is 1. The number of aryl methyl sites for hydroxylation is 2. The van der Waals surface area contributed by atoms with Crippen molar-refractivity contribution in [3.8, 4) is 22.8 Å². The van der Waals surface area contributed by atoms with Gasteiger partial charge in [-0.2, -0.15) is 5.10 Å². The minimum absolute atomic E-state index is 0.00187. The summed E-state index contributed by atoms with van der Waals surface area (Å²) >= 11 is 0. The fraction of sp³-hybridized carbons (Fsp3) is 0.304. The second-order valence-corrected chi connectivity index (χ2v) is 9.65. The molecule has 4 rings (SSSR count). The maximum Gasteiger partial charge on any atom is 0.240 e. The van der Waals surface area contributed by atoms with Gasteiger partial charge >= 0.3 is 0 Å². The van der Waals surface area contributed by atoms with E-state index in [2.05, 4.69) is 25.0 Å². The van der Waals surface area contributed by atoms with E-state index in [9.17, 15) is 13.5 Å². The summed E-state index contributed by atoms with van der Waals surface area (Å²) in [7, 11) is -3.88. The minimum Gasteiger partial charge on any atom is -0.493 e. The third kappa shape index (κ3) is 4.63. The standard InChI is InChI=1S/C23H26N6O4S/c1-5-33-20-11-10-18(34(31,32)28-15(3)13-30)12-19(20)22-24-21-16(4)27-29(23(21)26-25-22)17-8-6-14(2)7-9-17/h6-12,15,28,30H,5,13H2,1-4H3/t15-/m1/s1. The first kappa shape index (κ1) is 23.7. The van der Waals surface area contributed by atoms with E-state index in [4.69, 9.17) is 4.74 Å². The molecule has 0 aliphatic rings. The van der Waals surface area contributed by atoms with Crippen molar-refractivity contribution < 1.29 is 18.3 Å². The average Bonchev–Trinajstić information content (AvgIpc) is 3.15. The van der Waals surface area contributed by atoms with Crippen LogP contribution in [0.1, 0.15) is 25.1 Å². The molecule has 0 saturated carbocycles. The van der Waals surface area contributed by atoms with Gasteiger partial charge < -0.3 is 9.84 Å². The Morgan fingerprint density at radius 2 is 1.85 bits per heavy atom. The third-order valence-corrected chi connectivity index (χ3v) is 6.76. The molecular weight excluding hydrogens is 456 g/mol. The summed E-state index contributed by atoms with van der Waals surface area (Å²) in [5, 5.41) is 22.5. The Hall–Kier alpha value is -3.41. The molecule has 178 valence electrons. The number of hydrogen-bond donors (Lipinski definition) is 2. The maximum absolute atomic E-state index is 12.8. The SMILES string of the molecule is CCOc1ccc(S(=O)(=O)N[C@H](C)CO)cc1-c1nnc2c(n1)c(C)nn2-c1ccc(C)cc1. The smallest absolute Gasteiger partial charge is 0.240 e. The average molecular weight is 483 g/mol. The van der Waals surface area contributed by atoms with Crippen molar-refractivity contribution in [3.63, 3.8) is 0 Å². The van der Waals surface area contributed by atoms with E-state index < -0.39 is 16.1 Å². The second kappa shape index (κ2) is 9.45. The molecule has 0 unspecified atom stereocenters. The van der Waals surface area contributed by atoms with Gasteiger partial charge in [-0.3, -0.25) is 0 Å². The molecule has 0 bridgehead atoms. The van der Waals surface area contributed by atoms with Crippen LogP contribution in [0.25, 0.3) is 28.2 Å². The molecule has 0 aliphatic carbocycles. The van der Waals surface area contributed by atoms with Crippen LogP contribution in [0, 0.1) is 13.8 Å². The van der Waals surface area contributed by atoms with Gasteiger partial charge in [-0.05, 0) is 58.0 Å². The molecular formula is C23H26N6O4S. The molecule has 0 spiro atoms. The summed E-state index contributed by atoms with van der Waals surface area (Å²) in [5.41, 5.74) is 4.05. The predicted molar refractivity (Wildman–Crippen MR) is 127 cm³/mol. The van der Waals surface area contributed by atoms with Crippen molar-refractivity contribution in [2.75, 3.05) is 13.2 Å². The van der Waals surface area contributed by atoms with Crippen molar-refractivity contribution in [1.82, 2.24) is 29.7 Å². The quantitative estimate of drug-likeness (QED) is 0.392. The first-order valence-electron chi connectivity index (χ1n) is 10.8. The summed E-state index contributed by atoms with van der Waals surface area (Å²) in [4.78, 5) is 4.66. The van der Waals surface area contributed by atoms with Crippen LogP contribution in [0.4, 0.5) is 0 Å². The lowest BCUT2D eigenvalue weighted by Gasteiger charge is -2.14. The van der Waals surface area contributed by atoms with Crippen LogP contribution in [-0.4, -0.2) is 57.7 Å². The van der Waals surface area contributed by atoms with E-state index in [0.717, 1.165) is 11.3 Å². The predicted octanol–water partition coefficient (Wildman–Crippen LogP) is 2.55. The van der Waals surface area contributed by atoms with Crippen LogP contribution < -0.4 is 9.46 Å². The van der Waals surface area contributed by atoms with Crippen molar-refractivity contribution in [2.24, 2.45) is 0 Å². The number of nitrogens with zero attached hydrogens (tertiary/aromatic N) is 5. The molecule has 0 radical (unpaired) electrons. The van der Waals surface area contributed by atoms with E-state index in [0.29, 0.717) is 34.8 Å². The van der Waals surface area contributed by atoms with Gasteiger partial charge in [0.1, 0.15) is 11.3 Å². The van der Waals surface area contributed by atoms with Crippen molar-refractivity contribution >= 4 is 21.2 Å². The third-order valence-electron chi connectivity index (χ3n) is 5.17. The lowest BCUT2D eigenvalue weighted by molar-refractivity contribution is 0.265. The molecule has 0 aliphatic heterocycles. The van der Waals surface area contributed by atoms with E-state index in [1.165, 1.54) is 12.1 Å². The van der Waals surface area contributed by atoms with E-state index >= 15 is 0 Å². The normalized spacial score (nSPS) is 12.7. The number of fused-ring (bicyclic) bond motifs is 1. The van der Waals surface area contributed by atoms with Crippen LogP contribution in [0.15, 0.2) is 47.4 Å². The van der Waals surface area contributed by atoms with Gasteiger partial charge in [-0.25, -0.2) is 22.8 Å². The van der Waals surface area contributed by atoms with Crippen LogP contribution in [-0.2, 0) is 10.0 Å². The molecule has 2 aromatic heterocycles. The van der Waals surface area contributed by atoms with Crippen LogP contribution in [0.5, 0.6) is 5.75 Å². The van der Waals surface area contributed by atoms with Gasteiger partial charge in [0, 0.05) is 6.04 Å². The van der Waals surface area contributed by atoms with Gasteiger partial charge in [0.05, 0.1) is 35.1 Å². The number of benzene rings is 2. The Morgan fingerprint density at radius 1 is 1.12 bits per heavy atom. The largest absolute Gasteiger partial charge is 0.493 e. The van der Waals surface area contributed by atoms with Gasteiger partial charge in [0.25, 0.3) is 0 Å². The number of rotatable bonds is 8. The second-order valence-electron chi connectivity index (χ2n) is 7.94. The molecule has 11 heteroatoms. The van der Waals surface area contributed by atoms with Crippen LogP contribution >= 0.6 is 0 Å². The lowest BCUT2D eigenvalue weighted by Crippen LogP contribution is -2.35. The highest BCUT2D eigenvalue weighted by Crippen LogP contribution is 2.31. The summed E-state index contributed by atoms with van der Waals surface area (Å²) in [6.45, 7) is 7.29. The van der Waals surface area contributed by atoms with Crippen LogP contribution in [0.3, 0.4) is 0 Å². The molecule has 0 saturated heterocycles. The van der Waals surface area contributed by atoms with Gasteiger partial charge in [0.2, 0.25) is 15.7 Å². The highest BCUT2D eigenvalue weighted by atomic mass is 32.2. The number of hydrogen-bond acceptors (Lipinski definition) is 8. The monoisotopic (exact) mass is 482 g/mol. The summed E-state index contributed by atoms with van der Waals surface area (Å²) in [6, 6.07) is 11.7. The van der Waals surface area contributed by atoms with Crippen molar-refractivity contribution in [2.45, 2.75) is 38.6 Å². The Labute approximate surface area is 197 Å². The molecule has 0 fully saturated rings. The van der Waals surface area contributed by atoms with Gasteiger partial charge in [0.15, 0.2) is 5.82 Å².